The molecule has 1 fully saturated rings. The Labute approximate surface area is 119 Å². The van der Waals surface area contributed by atoms with Crippen molar-refractivity contribution < 1.29 is 4.79 Å². The van der Waals surface area contributed by atoms with Crippen LogP contribution in [0.2, 0.25) is 0 Å². The Bertz CT molecular complexity index is 595. The van der Waals surface area contributed by atoms with E-state index in [9.17, 15) is 4.79 Å². The normalized spacial score (nSPS) is 17.0. The minimum absolute atomic E-state index is 0.226. The molecular weight excluding hydrogens is 248 g/mol. The van der Waals surface area contributed by atoms with Gasteiger partial charge in [-0.3, -0.25) is 9.69 Å². The molecule has 0 aliphatic carbocycles. The Morgan fingerprint density at radius 3 is 2.85 bits per heavy atom. The number of hydrogen-bond donors (Lipinski definition) is 1. The summed E-state index contributed by atoms with van der Waals surface area (Å²) in [6.45, 7) is 4.51. The highest BCUT2D eigenvalue weighted by Crippen LogP contribution is 2.19. The first-order valence-corrected chi connectivity index (χ1v) is 7.28. The van der Waals surface area contributed by atoms with Crippen molar-refractivity contribution in [3.05, 3.63) is 48.0 Å². The second-order valence-electron chi connectivity index (χ2n) is 5.33. The van der Waals surface area contributed by atoms with Gasteiger partial charge in [-0.2, -0.15) is 0 Å². The average molecular weight is 268 g/mol. The number of fused-ring (bicyclic) bond motifs is 1. The fourth-order valence-corrected chi connectivity index (χ4v) is 2.82. The van der Waals surface area contributed by atoms with E-state index in [4.69, 9.17) is 0 Å². The van der Waals surface area contributed by atoms with Crippen molar-refractivity contribution in [3.63, 3.8) is 0 Å². The molecule has 2 aromatic rings. The molecule has 1 aliphatic rings. The van der Waals surface area contributed by atoms with E-state index in [1.807, 2.05) is 30.3 Å². The van der Waals surface area contributed by atoms with Crippen molar-refractivity contribution in [2.45, 2.75) is 6.42 Å². The third-order valence-corrected chi connectivity index (χ3v) is 3.89. The molecule has 1 aliphatic heterocycles. The quantitative estimate of drug-likeness (QED) is 0.867. The predicted octanol–water partition coefficient (Wildman–Crippen LogP) is 2.32. The van der Waals surface area contributed by atoms with E-state index in [2.05, 4.69) is 22.3 Å². The van der Waals surface area contributed by atoms with E-state index in [0.717, 1.165) is 48.9 Å². The highest BCUT2D eigenvalue weighted by Gasteiger charge is 2.15. The molecule has 0 spiro atoms. The summed E-state index contributed by atoms with van der Waals surface area (Å²) in [4.78, 5) is 14.8. The lowest BCUT2D eigenvalue weighted by atomic mass is 10.0. The topological polar surface area (TPSA) is 32.3 Å². The predicted molar refractivity (Wildman–Crippen MR) is 82.2 cm³/mol. The van der Waals surface area contributed by atoms with E-state index in [1.54, 1.807) is 0 Å². The third kappa shape index (κ3) is 2.89. The Kier molecular flexibility index (Phi) is 4.09. The maximum atomic E-state index is 12.6. The zero-order valence-corrected chi connectivity index (χ0v) is 11.6. The van der Waals surface area contributed by atoms with Gasteiger partial charge < -0.3 is 5.32 Å². The lowest BCUT2D eigenvalue weighted by Crippen LogP contribution is -2.33. The van der Waals surface area contributed by atoms with Crippen LogP contribution < -0.4 is 5.32 Å². The van der Waals surface area contributed by atoms with Gasteiger partial charge >= 0.3 is 0 Å². The van der Waals surface area contributed by atoms with Gasteiger partial charge in [0.2, 0.25) is 0 Å². The second-order valence-corrected chi connectivity index (χ2v) is 5.33. The maximum absolute atomic E-state index is 12.6. The molecule has 3 nitrogen and oxygen atoms in total. The van der Waals surface area contributed by atoms with Gasteiger partial charge in [-0.15, -0.1) is 0 Å². The van der Waals surface area contributed by atoms with Crippen molar-refractivity contribution in [3.8, 4) is 0 Å². The van der Waals surface area contributed by atoms with E-state index in [1.165, 1.54) is 0 Å². The first-order valence-electron chi connectivity index (χ1n) is 7.28. The lowest BCUT2D eigenvalue weighted by molar-refractivity contribution is 0.0936. The van der Waals surface area contributed by atoms with Crippen molar-refractivity contribution in [2.24, 2.45) is 0 Å². The highest BCUT2D eigenvalue weighted by atomic mass is 16.1. The maximum Gasteiger partial charge on any atom is 0.177 e. The highest BCUT2D eigenvalue weighted by molar-refractivity contribution is 6.09. The fraction of sp³-hybridized carbons (Fsp3) is 0.353. The van der Waals surface area contributed by atoms with Gasteiger partial charge in [-0.25, -0.2) is 0 Å². The van der Waals surface area contributed by atoms with Gasteiger partial charge in [0, 0.05) is 18.7 Å². The summed E-state index contributed by atoms with van der Waals surface area (Å²) in [5, 5.41) is 5.56. The zero-order chi connectivity index (χ0) is 13.8. The van der Waals surface area contributed by atoms with Crippen LogP contribution in [0.15, 0.2) is 42.5 Å². The molecule has 0 saturated carbocycles. The van der Waals surface area contributed by atoms with Crippen LogP contribution in [0, 0.1) is 0 Å². The van der Waals surface area contributed by atoms with E-state index < -0.39 is 0 Å². The van der Waals surface area contributed by atoms with Crippen molar-refractivity contribution >= 4 is 16.6 Å². The molecule has 0 atom stereocenters. The Morgan fingerprint density at radius 2 is 1.90 bits per heavy atom. The van der Waals surface area contributed by atoms with Crippen LogP contribution in [0.3, 0.4) is 0 Å². The molecule has 3 rings (SSSR count). The molecule has 3 heteroatoms. The Balaban J connectivity index is 1.81. The molecule has 20 heavy (non-hydrogen) atoms. The summed E-state index contributed by atoms with van der Waals surface area (Å²) in [5.74, 6) is 0.226. The molecule has 0 radical (unpaired) electrons. The molecule has 0 aromatic heterocycles. The average Bonchev–Trinajstić information content (AvgIpc) is 2.75. The Morgan fingerprint density at radius 1 is 1.05 bits per heavy atom. The van der Waals surface area contributed by atoms with Gasteiger partial charge in [0.25, 0.3) is 0 Å². The second kappa shape index (κ2) is 6.16. The minimum Gasteiger partial charge on any atom is -0.315 e. The minimum atomic E-state index is 0.226. The lowest BCUT2D eigenvalue weighted by Gasteiger charge is -2.18. The van der Waals surface area contributed by atoms with Gasteiger partial charge in [-0.05, 0) is 30.3 Å². The molecule has 0 amide bonds. The monoisotopic (exact) mass is 268 g/mol. The number of hydrogen-bond acceptors (Lipinski definition) is 3. The van der Waals surface area contributed by atoms with Gasteiger partial charge in [0.05, 0.1) is 6.54 Å². The van der Waals surface area contributed by atoms with Crippen LogP contribution in [-0.4, -0.2) is 43.4 Å². The molecule has 0 unspecified atom stereocenters. The van der Waals surface area contributed by atoms with Crippen LogP contribution in [-0.2, 0) is 0 Å². The Hall–Kier alpha value is -1.71. The zero-order valence-electron chi connectivity index (χ0n) is 11.6. The summed E-state index contributed by atoms with van der Waals surface area (Å²) in [7, 11) is 0. The number of nitrogens with zero attached hydrogens (tertiary/aromatic N) is 1. The van der Waals surface area contributed by atoms with Gasteiger partial charge in [0.15, 0.2) is 5.78 Å². The summed E-state index contributed by atoms with van der Waals surface area (Å²) >= 11 is 0. The number of ketones is 1. The standard InChI is InChI=1S/C17H20N2O/c20-17(13-19-11-4-9-18-10-12-19)16-8-3-6-14-5-1-2-7-15(14)16/h1-3,5-8,18H,4,9-13H2. The van der Waals surface area contributed by atoms with Crippen LogP contribution in [0.1, 0.15) is 16.8 Å². The van der Waals surface area contributed by atoms with Crippen molar-refractivity contribution in [1.82, 2.24) is 10.2 Å². The van der Waals surface area contributed by atoms with Crippen molar-refractivity contribution in [2.75, 3.05) is 32.7 Å². The third-order valence-electron chi connectivity index (χ3n) is 3.89. The van der Waals surface area contributed by atoms with Gasteiger partial charge in [0.1, 0.15) is 0 Å². The number of nitrogens with one attached hydrogen (secondary N) is 1. The van der Waals surface area contributed by atoms with E-state index >= 15 is 0 Å². The number of Topliss-reactive ketones (excluding diaryl/α,β-unsaturated/α-hetero) is 1. The fourth-order valence-electron chi connectivity index (χ4n) is 2.82. The molecule has 0 bridgehead atoms. The largest absolute Gasteiger partial charge is 0.315 e. The SMILES string of the molecule is O=C(CN1CCCNCC1)c1cccc2ccccc12. The number of rotatable bonds is 3. The molecule has 2 aromatic carbocycles. The molecule has 104 valence electrons. The molecule has 1 saturated heterocycles. The van der Waals surface area contributed by atoms with Crippen LogP contribution in [0.5, 0.6) is 0 Å². The van der Waals surface area contributed by atoms with Crippen molar-refractivity contribution in [1.29, 1.82) is 0 Å². The first kappa shape index (κ1) is 13.3. The summed E-state index contributed by atoms with van der Waals surface area (Å²) in [6, 6.07) is 14.1. The molecule has 1 N–H and O–H groups in total. The number of benzene rings is 2. The first-order chi connectivity index (χ1) is 9.84. The van der Waals surface area contributed by atoms with Crippen LogP contribution in [0.4, 0.5) is 0 Å². The molecular formula is C17H20N2O. The van der Waals surface area contributed by atoms with E-state index in [-0.39, 0.29) is 5.78 Å². The summed E-state index contributed by atoms with van der Waals surface area (Å²) in [5.41, 5.74) is 0.848. The summed E-state index contributed by atoms with van der Waals surface area (Å²) < 4.78 is 0. The van der Waals surface area contributed by atoms with Crippen LogP contribution >= 0.6 is 0 Å². The van der Waals surface area contributed by atoms with E-state index in [0.29, 0.717) is 6.54 Å². The summed E-state index contributed by atoms with van der Waals surface area (Å²) in [6.07, 6.45) is 1.11. The smallest absolute Gasteiger partial charge is 0.177 e. The molecule has 1 heterocycles. The van der Waals surface area contributed by atoms with Gasteiger partial charge in [-0.1, -0.05) is 42.5 Å². The number of carbonyl (C=O) groups is 1. The van der Waals surface area contributed by atoms with Crippen LogP contribution in [0.25, 0.3) is 10.8 Å². The number of carbonyl (C=O) groups excluding carboxylic acids is 1.